The van der Waals surface area contributed by atoms with Gasteiger partial charge in [0.2, 0.25) is 10.0 Å². The summed E-state index contributed by atoms with van der Waals surface area (Å²) >= 11 is 0. The molecule has 1 fully saturated rings. The average Bonchev–Trinajstić information content (AvgIpc) is 2.46. The zero-order valence-corrected chi connectivity index (χ0v) is 13.2. The maximum Gasteiger partial charge on any atom is 0.322 e. The first-order valence-corrected chi connectivity index (χ1v) is 8.80. The van der Waals surface area contributed by atoms with Gasteiger partial charge in [-0.05, 0) is 31.4 Å². The third-order valence-electron chi connectivity index (χ3n) is 3.64. The Hall–Kier alpha value is -2.20. The van der Waals surface area contributed by atoms with Crippen molar-refractivity contribution in [1.82, 2.24) is 4.90 Å². The van der Waals surface area contributed by atoms with Crippen molar-refractivity contribution < 1.29 is 18.1 Å². The highest BCUT2D eigenvalue weighted by Crippen LogP contribution is 2.21. The molecule has 0 unspecified atom stereocenters. The Kier molecular flexibility index (Phi) is 5.16. The molecule has 2 amide bonds. The highest BCUT2D eigenvalue weighted by Gasteiger charge is 2.29. The van der Waals surface area contributed by atoms with E-state index in [0.717, 1.165) is 12.8 Å². The molecule has 0 saturated carbocycles. The number of primary sulfonamides is 1. The van der Waals surface area contributed by atoms with Crippen molar-refractivity contribution in [3.8, 4) is 0 Å². The first-order valence-electron chi connectivity index (χ1n) is 7.09. The standard InChI is InChI=1S/C13H18N4O5S/c14-23(21,22)9-12-3-1-2-8-16(12)13(18)15-10-4-6-11(7-5-10)17(19)20/h4-7,12H,1-3,8-9H2,(H,15,18)(H2,14,21,22)/t12-/m0/s1. The number of nitrogens with two attached hydrogens (primary N) is 1. The molecule has 1 aliphatic rings. The number of carbonyl (C=O) groups excluding carboxylic acids is 1. The Morgan fingerprint density at radius 2 is 2.00 bits per heavy atom. The van der Waals surface area contributed by atoms with Crippen LogP contribution in [0.4, 0.5) is 16.2 Å². The monoisotopic (exact) mass is 342 g/mol. The Labute approximate surface area is 133 Å². The van der Waals surface area contributed by atoms with Crippen LogP contribution in [0.15, 0.2) is 24.3 Å². The van der Waals surface area contributed by atoms with Crippen molar-refractivity contribution in [1.29, 1.82) is 0 Å². The van der Waals surface area contributed by atoms with Crippen molar-refractivity contribution in [3.05, 3.63) is 34.4 Å². The van der Waals surface area contributed by atoms with Crippen molar-refractivity contribution >= 4 is 27.4 Å². The van der Waals surface area contributed by atoms with Gasteiger partial charge in [-0.3, -0.25) is 10.1 Å². The summed E-state index contributed by atoms with van der Waals surface area (Å²) in [6.07, 6.45) is 2.19. The van der Waals surface area contributed by atoms with Crippen LogP contribution in [-0.4, -0.2) is 42.6 Å². The summed E-state index contributed by atoms with van der Waals surface area (Å²) in [5.41, 5.74) is 0.327. The van der Waals surface area contributed by atoms with Gasteiger partial charge in [0.1, 0.15) is 0 Å². The number of anilines is 1. The van der Waals surface area contributed by atoms with E-state index in [1.807, 2.05) is 0 Å². The number of nitro groups is 1. The summed E-state index contributed by atoms with van der Waals surface area (Å²) < 4.78 is 22.6. The number of likely N-dealkylation sites (tertiary alicyclic amines) is 1. The zero-order chi connectivity index (χ0) is 17.0. The summed E-state index contributed by atoms with van der Waals surface area (Å²) in [5.74, 6) is -0.277. The second-order valence-corrected chi connectivity index (χ2v) is 7.07. The molecule has 0 spiro atoms. The minimum absolute atomic E-state index is 0.0759. The molecule has 1 saturated heterocycles. The number of amides is 2. The minimum atomic E-state index is -3.67. The van der Waals surface area contributed by atoms with Gasteiger partial charge in [0.15, 0.2) is 0 Å². The van der Waals surface area contributed by atoms with Gasteiger partial charge in [0.25, 0.3) is 5.69 Å². The SMILES string of the molecule is NS(=O)(=O)C[C@@H]1CCCCN1C(=O)Nc1ccc([N+](=O)[O-])cc1. The molecule has 10 heteroatoms. The molecular weight excluding hydrogens is 324 g/mol. The third-order valence-corrected chi connectivity index (χ3v) is 4.49. The predicted molar refractivity (Wildman–Crippen MR) is 84.4 cm³/mol. The van der Waals surface area contributed by atoms with E-state index in [-0.39, 0.29) is 11.4 Å². The van der Waals surface area contributed by atoms with Crippen LogP contribution < -0.4 is 10.5 Å². The third kappa shape index (κ3) is 4.89. The summed E-state index contributed by atoms with van der Waals surface area (Å²) in [6.45, 7) is 0.443. The van der Waals surface area contributed by atoms with Gasteiger partial charge in [-0.2, -0.15) is 0 Å². The van der Waals surface area contributed by atoms with Crippen molar-refractivity contribution in [2.75, 3.05) is 17.6 Å². The molecule has 0 aliphatic carbocycles. The molecule has 3 N–H and O–H groups in total. The van der Waals surface area contributed by atoms with Crippen LogP contribution in [0.1, 0.15) is 19.3 Å². The van der Waals surface area contributed by atoms with Gasteiger partial charge < -0.3 is 10.2 Å². The number of rotatable bonds is 4. The van der Waals surface area contributed by atoms with Crippen molar-refractivity contribution in [2.24, 2.45) is 5.14 Å². The molecule has 23 heavy (non-hydrogen) atoms. The maximum atomic E-state index is 12.3. The fourth-order valence-corrected chi connectivity index (χ4v) is 3.45. The number of nitro benzene ring substituents is 1. The van der Waals surface area contributed by atoms with E-state index in [1.54, 1.807) is 0 Å². The van der Waals surface area contributed by atoms with E-state index in [4.69, 9.17) is 5.14 Å². The van der Waals surface area contributed by atoms with Gasteiger partial charge in [0, 0.05) is 30.4 Å². The molecule has 0 radical (unpaired) electrons. The smallest absolute Gasteiger partial charge is 0.320 e. The fraction of sp³-hybridized carbons (Fsp3) is 0.462. The minimum Gasteiger partial charge on any atom is -0.320 e. The highest BCUT2D eigenvalue weighted by atomic mass is 32.2. The van der Waals surface area contributed by atoms with Crippen LogP contribution in [0.3, 0.4) is 0 Å². The van der Waals surface area contributed by atoms with E-state index < -0.39 is 27.0 Å². The quantitative estimate of drug-likeness (QED) is 0.627. The van der Waals surface area contributed by atoms with E-state index >= 15 is 0 Å². The number of non-ortho nitro benzene ring substituents is 1. The number of carbonyl (C=O) groups is 1. The molecule has 9 nitrogen and oxygen atoms in total. The van der Waals surface area contributed by atoms with Gasteiger partial charge in [0.05, 0.1) is 10.7 Å². The van der Waals surface area contributed by atoms with Crippen LogP contribution in [0.2, 0.25) is 0 Å². The Morgan fingerprint density at radius 3 is 2.57 bits per heavy atom. The van der Waals surface area contributed by atoms with Crippen molar-refractivity contribution in [2.45, 2.75) is 25.3 Å². The molecule has 1 aliphatic heterocycles. The molecule has 0 aromatic heterocycles. The molecule has 1 atom stereocenters. The summed E-state index contributed by atoms with van der Waals surface area (Å²) in [6, 6.07) is 4.52. The van der Waals surface area contributed by atoms with Crippen LogP contribution >= 0.6 is 0 Å². The van der Waals surface area contributed by atoms with Crippen LogP contribution in [0, 0.1) is 10.1 Å². The summed E-state index contributed by atoms with van der Waals surface area (Å²) in [4.78, 5) is 23.9. The number of benzene rings is 1. The molecule has 0 bridgehead atoms. The van der Waals surface area contributed by atoms with Crippen molar-refractivity contribution in [3.63, 3.8) is 0 Å². The Bertz CT molecular complexity index is 689. The summed E-state index contributed by atoms with van der Waals surface area (Å²) in [5, 5.41) is 18.3. The number of hydrogen-bond acceptors (Lipinski definition) is 5. The van der Waals surface area contributed by atoms with E-state index in [2.05, 4.69) is 5.32 Å². The molecule has 1 aromatic carbocycles. The Morgan fingerprint density at radius 1 is 1.35 bits per heavy atom. The number of nitrogens with one attached hydrogen (secondary N) is 1. The number of piperidine rings is 1. The lowest BCUT2D eigenvalue weighted by Crippen LogP contribution is -2.49. The fourth-order valence-electron chi connectivity index (χ4n) is 2.57. The van der Waals surface area contributed by atoms with E-state index in [9.17, 15) is 23.3 Å². The van der Waals surface area contributed by atoms with Gasteiger partial charge in [-0.1, -0.05) is 0 Å². The second kappa shape index (κ2) is 6.92. The first kappa shape index (κ1) is 17.2. The lowest BCUT2D eigenvalue weighted by atomic mass is 10.0. The second-order valence-electron chi connectivity index (χ2n) is 5.41. The Balaban J connectivity index is 2.06. The van der Waals surface area contributed by atoms with Crippen LogP contribution in [-0.2, 0) is 10.0 Å². The topological polar surface area (TPSA) is 136 Å². The molecular formula is C13H18N4O5S. The largest absolute Gasteiger partial charge is 0.322 e. The summed E-state index contributed by atoms with van der Waals surface area (Å²) in [7, 11) is -3.67. The molecule has 2 rings (SSSR count). The normalized spacial score (nSPS) is 18.5. The number of urea groups is 1. The lowest BCUT2D eigenvalue weighted by Gasteiger charge is -2.35. The molecule has 1 aromatic rings. The molecule has 1 heterocycles. The number of sulfonamides is 1. The van der Waals surface area contributed by atoms with Crippen LogP contribution in [0.5, 0.6) is 0 Å². The van der Waals surface area contributed by atoms with Gasteiger partial charge in [-0.15, -0.1) is 0 Å². The highest BCUT2D eigenvalue weighted by molar-refractivity contribution is 7.89. The molecule has 126 valence electrons. The van der Waals surface area contributed by atoms with E-state index in [0.29, 0.717) is 18.7 Å². The number of hydrogen-bond donors (Lipinski definition) is 2. The maximum absolute atomic E-state index is 12.3. The van der Waals surface area contributed by atoms with Gasteiger partial charge >= 0.3 is 6.03 Å². The first-order chi connectivity index (χ1) is 10.8. The van der Waals surface area contributed by atoms with E-state index in [1.165, 1.54) is 29.2 Å². The number of nitrogens with zero attached hydrogens (tertiary/aromatic N) is 2. The van der Waals surface area contributed by atoms with Gasteiger partial charge in [-0.25, -0.2) is 18.4 Å². The lowest BCUT2D eigenvalue weighted by molar-refractivity contribution is -0.384. The average molecular weight is 342 g/mol. The zero-order valence-electron chi connectivity index (χ0n) is 12.3. The predicted octanol–water partition coefficient (Wildman–Crippen LogP) is 1.27. The van der Waals surface area contributed by atoms with Crippen LogP contribution in [0.25, 0.3) is 0 Å².